The monoisotopic (exact) mass is 224 g/mol. The molecule has 0 fully saturated rings. The van der Waals surface area contributed by atoms with Gasteiger partial charge in [-0.15, -0.1) is 0 Å². The van der Waals surface area contributed by atoms with Gasteiger partial charge in [0.1, 0.15) is 4.70 Å². The van der Waals surface area contributed by atoms with Crippen LogP contribution in [0.5, 0.6) is 0 Å². The summed E-state index contributed by atoms with van der Waals surface area (Å²) in [6, 6.07) is 4.28. The Labute approximate surface area is 87.1 Å². The summed E-state index contributed by atoms with van der Waals surface area (Å²) in [6.07, 6.45) is 0. The van der Waals surface area contributed by atoms with E-state index < -0.39 is 10.9 Å². The summed E-state index contributed by atoms with van der Waals surface area (Å²) in [7, 11) is 0. The van der Waals surface area contributed by atoms with Crippen molar-refractivity contribution >= 4 is 33.3 Å². The Bertz CT molecular complexity index is 563. The Kier molecular flexibility index (Phi) is 2.09. The number of carbonyl (C=O) groups is 1. The number of non-ortho nitro benzene ring substituents is 1. The SMILES string of the molecule is O=C(O)c1nsc2c([N+](=O)[O-])cccc12. The van der Waals surface area contributed by atoms with Crippen molar-refractivity contribution in [3.63, 3.8) is 0 Å². The summed E-state index contributed by atoms with van der Waals surface area (Å²) in [5.74, 6) is -1.18. The van der Waals surface area contributed by atoms with Crippen LogP contribution in [0.4, 0.5) is 5.69 Å². The van der Waals surface area contributed by atoms with Gasteiger partial charge in [-0.2, -0.15) is 4.37 Å². The highest BCUT2D eigenvalue weighted by molar-refractivity contribution is 7.14. The number of carboxylic acid groups (broad SMARTS) is 1. The molecule has 15 heavy (non-hydrogen) atoms. The van der Waals surface area contributed by atoms with Gasteiger partial charge in [0.2, 0.25) is 0 Å². The topological polar surface area (TPSA) is 93.3 Å². The third-order valence-corrected chi connectivity index (χ3v) is 2.76. The van der Waals surface area contributed by atoms with Gasteiger partial charge in [0.15, 0.2) is 5.69 Å². The fourth-order valence-electron chi connectivity index (χ4n) is 1.25. The Balaban J connectivity index is 2.80. The van der Waals surface area contributed by atoms with E-state index >= 15 is 0 Å². The predicted octanol–water partition coefficient (Wildman–Crippen LogP) is 1.90. The Morgan fingerprint density at radius 2 is 2.27 bits per heavy atom. The highest BCUT2D eigenvalue weighted by Gasteiger charge is 2.19. The van der Waals surface area contributed by atoms with E-state index in [9.17, 15) is 14.9 Å². The number of carboxylic acids is 1. The molecule has 0 aliphatic heterocycles. The Morgan fingerprint density at radius 1 is 1.53 bits per heavy atom. The van der Waals surface area contributed by atoms with Crippen LogP contribution in [-0.4, -0.2) is 20.4 Å². The fraction of sp³-hybridized carbons (Fsp3) is 0. The summed E-state index contributed by atoms with van der Waals surface area (Å²) < 4.78 is 3.97. The first-order valence-electron chi connectivity index (χ1n) is 3.87. The third-order valence-electron chi connectivity index (χ3n) is 1.88. The van der Waals surface area contributed by atoms with Crippen LogP contribution in [0.3, 0.4) is 0 Å². The molecule has 1 aromatic heterocycles. The maximum Gasteiger partial charge on any atom is 0.356 e. The molecule has 0 aliphatic carbocycles. The van der Waals surface area contributed by atoms with Crippen LogP contribution < -0.4 is 0 Å². The number of hydrogen-bond acceptors (Lipinski definition) is 5. The van der Waals surface area contributed by atoms with E-state index in [0.29, 0.717) is 10.1 Å². The van der Waals surface area contributed by atoms with Gasteiger partial charge in [0.05, 0.1) is 4.92 Å². The van der Waals surface area contributed by atoms with Gasteiger partial charge in [-0.25, -0.2) is 4.79 Å². The molecule has 0 saturated heterocycles. The lowest BCUT2D eigenvalue weighted by molar-refractivity contribution is -0.382. The molecule has 0 bridgehead atoms. The molecule has 76 valence electrons. The van der Waals surface area contributed by atoms with E-state index in [1.807, 2.05) is 0 Å². The van der Waals surface area contributed by atoms with Gasteiger partial charge in [-0.3, -0.25) is 10.1 Å². The first-order chi connectivity index (χ1) is 7.11. The molecule has 0 spiro atoms. The second-order valence-corrected chi connectivity index (χ2v) is 3.52. The van der Waals surface area contributed by atoms with Crippen LogP contribution in [0.25, 0.3) is 10.1 Å². The zero-order chi connectivity index (χ0) is 11.0. The zero-order valence-corrected chi connectivity index (χ0v) is 8.02. The molecule has 0 aliphatic rings. The van der Waals surface area contributed by atoms with Gasteiger partial charge in [-0.1, -0.05) is 12.1 Å². The maximum atomic E-state index is 10.7. The average Bonchev–Trinajstić information content (AvgIpc) is 2.59. The van der Waals surface area contributed by atoms with Crippen molar-refractivity contribution in [2.45, 2.75) is 0 Å². The minimum Gasteiger partial charge on any atom is -0.476 e. The molecule has 0 radical (unpaired) electrons. The van der Waals surface area contributed by atoms with Crippen molar-refractivity contribution < 1.29 is 14.8 Å². The van der Waals surface area contributed by atoms with Crippen LogP contribution in [0, 0.1) is 10.1 Å². The minimum atomic E-state index is -1.18. The highest BCUT2D eigenvalue weighted by atomic mass is 32.1. The molecule has 0 unspecified atom stereocenters. The quantitative estimate of drug-likeness (QED) is 0.621. The first kappa shape index (κ1) is 9.53. The van der Waals surface area contributed by atoms with Crippen molar-refractivity contribution in [1.29, 1.82) is 0 Å². The van der Waals surface area contributed by atoms with Crippen LogP contribution in [0.15, 0.2) is 18.2 Å². The number of benzene rings is 1. The van der Waals surface area contributed by atoms with Crippen LogP contribution >= 0.6 is 11.5 Å². The van der Waals surface area contributed by atoms with E-state index in [2.05, 4.69) is 4.37 Å². The van der Waals surface area contributed by atoms with E-state index in [4.69, 9.17) is 5.11 Å². The first-order valence-corrected chi connectivity index (χ1v) is 4.64. The second-order valence-electron chi connectivity index (χ2n) is 2.75. The van der Waals surface area contributed by atoms with Crippen LogP contribution in [0.2, 0.25) is 0 Å². The molecule has 2 aromatic rings. The lowest BCUT2D eigenvalue weighted by Crippen LogP contribution is -1.96. The normalized spacial score (nSPS) is 10.4. The number of fused-ring (bicyclic) bond motifs is 1. The maximum absolute atomic E-state index is 10.7. The molecule has 1 N–H and O–H groups in total. The van der Waals surface area contributed by atoms with Gasteiger partial charge in [0, 0.05) is 11.5 Å². The van der Waals surface area contributed by atoms with Gasteiger partial charge < -0.3 is 5.11 Å². The largest absolute Gasteiger partial charge is 0.476 e. The summed E-state index contributed by atoms with van der Waals surface area (Å²) in [4.78, 5) is 20.8. The standard InChI is InChI=1S/C8H4N2O4S/c11-8(12)6-4-2-1-3-5(10(13)14)7(4)15-9-6/h1-3H,(H,11,12). The minimum absolute atomic E-state index is 0.113. The molecule has 0 atom stereocenters. The van der Waals surface area contributed by atoms with E-state index in [1.54, 1.807) is 0 Å². The number of nitrogens with zero attached hydrogens (tertiary/aromatic N) is 2. The summed E-state index contributed by atoms with van der Waals surface area (Å²) in [6.45, 7) is 0. The van der Waals surface area contributed by atoms with Crippen LogP contribution in [-0.2, 0) is 0 Å². The molecule has 1 heterocycles. The molecular formula is C8H4N2O4S. The molecular weight excluding hydrogens is 220 g/mol. The van der Waals surface area contributed by atoms with Crippen LogP contribution in [0.1, 0.15) is 10.5 Å². The molecule has 6 nitrogen and oxygen atoms in total. The molecule has 1 aromatic carbocycles. The van der Waals surface area contributed by atoms with Gasteiger partial charge >= 0.3 is 5.97 Å². The van der Waals surface area contributed by atoms with Crippen molar-refractivity contribution in [3.8, 4) is 0 Å². The lowest BCUT2D eigenvalue weighted by Gasteiger charge is -1.92. The van der Waals surface area contributed by atoms with Crippen molar-refractivity contribution in [2.75, 3.05) is 0 Å². The number of hydrogen-bond donors (Lipinski definition) is 1. The number of nitro groups is 1. The number of rotatable bonds is 2. The second kappa shape index (κ2) is 3.28. The zero-order valence-electron chi connectivity index (χ0n) is 7.21. The van der Waals surface area contributed by atoms with Gasteiger partial charge in [-0.05, 0) is 11.5 Å². The third kappa shape index (κ3) is 1.42. The predicted molar refractivity (Wildman–Crippen MR) is 53.2 cm³/mol. The fourth-order valence-corrected chi connectivity index (χ4v) is 2.10. The summed E-state index contributed by atoms with van der Waals surface area (Å²) >= 11 is 0.825. The molecule has 0 saturated carbocycles. The average molecular weight is 224 g/mol. The Hall–Kier alpha value is -2.02. The van der Waals surface area contributed by atoms with Crippen molar-refractivity contribution in [1.82, 2.24) is 4.37 Å². The van der Waals surface area contributed by atoms with Crippen molar-refractivity contribution in [3.05, 3.63) is 34.0 Å². The van der Waals surface area contributed by atoms with E-state index in [0.717, 1.165) is 11.5 Å². The van der Waals surface area contributed by atoms with Gasteiger partial charge in [0.25, 0.3) is 5.69 Å². The molecule has 2 rings (SSSR count). The lowest BCUT2D eigenvalue weighted by atomic mass is 10.2. The molecule has 7 heteroatoms. The summed E-state index contributed by atoms with van der Waals surface area (Å²) in [5.41, 5.74) is -0.254. The summed E-state index contributed by atoms with van der Waals surface area (Å²) in [5, 5.41) is 19.7. The smallest absolute Gasteiger partial charge is 0.356 e. The number of nitro benzene ring substituents is 1. The number of aromatic carboxylic acids is 1. The Morgan fingerprint density at radius 3 is 2.87 bits per heavy atom. The van der Waals surface area contributed by atoms with Crippen molar-refractivity contribution in [2.24, 2.45) is 0 Å². The highest BCUT2D eigenvalue weighted by Crippen LogP contribution is 2.30. The molecule has 0 amide bonds. The van der Waals surface area contributed by atoms with E-state index in [-0.39, 0.29) is 11.4 Å². The van der Waals surface area contributed by atoms with E-state index in [1.165, 1.54) is 18.2 Å². The number of aromatic nitrogens is 1.